The van der Waals surface area contributed by atoms with Crippen LogP contribution in [0.1, 0.15) is 135 Å². The highest BCUT2D eigenvalue weighted by molar-refractivity contribution is 8.26. The van der Waals surface area contributed by atoms with Crippen molar-refractivity contribution in [3.8, 4) is 88.4 Å². The Kier molecular flexibility index (Phi) is 23.9. The number of carbonyl (C=O) groups is 1. The fraction of sp³-hybridized carbons (Fsp3) is 0.417. The van der Waals surface area contributed by atoms with Crippen molar-refractivity contribution in [3.05, 3.63) is 119 Å². The minimum atomic E-state index is -1.21. The monoisotopic (exact) mass is 1280 g/mol. The zero-order valence-corrected chi connectivity index (χ0v) is 55.1. The van der Waals surface area contributed by atoms with Gasteiger partial charge in [-0.3, -0.25) is 4.79 Å². The third-order valence-electron chi connectivity index (χ3n) is 15.8. The SMILES string of the molecule is CCCCCCOc1ccc(-c2ccc(N(c3ccc(-c4ccc(OCCCCCC)cc4OCCCCCC)cc3)c3ccc(-c4sc(-c5sc(C=C6SC(=S)N(CC(=O)O)C6O)c6c5OCCO6)c5c4OCCO5)cc3)cc2)c(OCCCCCC)c1. The summed E-state index contributed by atoms with van der Waals surface area (Å²) in [5.74, 6) is 4.64. The lowest BCUT2D eigenvalue weighted by molar-refractivity contribution is -0.138. The van der Waals surface area contributed by atoms with Crippen molar-refractivity contribution in [2.75, 3.05) is 64.3 Å². The predicted octanol–water partition coefficient (Wildman–Crippen LogP) is 19.4. The molecule has 17 heteroatoms. The van der Waals surface area contributed by atoms with Gasteiger partial charge < -0.3 is 57.9 Å². The quantitative estimate of drug-likeness (QED) is 0.0292. The number of thioether (sulfide) groups is 1. The number of hydrogen-bond donors (Lipinski definition) is 2. The van der Waals surface area contributed by atoms with E-state index in [4.69, 9.17) is 50.1 Å². The van der Waals surface area contributed by atoms with E-state index in [0.29, 0.717) is 85.6 Å². The largest absolute Gasteiger partial charge is 0.493 e. The first-order valence-corrected chi connectivity index (χ1v) is 34.9. The molecule has 3 aliphatic rings. The zero-order valence-electron chi connectivity index (χ0n) is 51.8. The summed E-state index contributed by atoms with van der Waals surface area (Å²) in [6.07, 6.45) is 18.7. The minimum Gasteiger partial charge on any atom is -0.493 e. The number of rotatable bonds is 34. The first-order valence-electron chi connectivity index (χ1n) is 32.0. The topological polar surface area (TPSA) is 138 Å². The summed E-state index contributed by atoms with van der Waals surface area (Å²) in [6.45, 7) is 12.6. The predicted molar refractivity (Wildman–Crippen MR) is 368 cm³/mol. The van der Waals surface area contributed by atoms with Gasteiger partial charge in [0.1, 0.15) is 60.3 Å². The van der Waals surface area contributed by atoms with Gasteiger partial charge in [-0.25, -0.2) is 0 Å². The van der Waals surface area contributed by atoms with Gasteiger partial charge in [-0.15, -0.1) is 22.7 Å². The van der Waals surface area contributed by atoms with E-state index >= 15 is 0 Å². The van der Waals surface area contributed by atoms with Crippen LogP contribution in [-0.2, 0) is 4.79 Å². The highest BCUT2D eigenvalue weighted by Crippen LogP contribution is 2.60. The maximum absolute atomic E-state index is 11.6. The average Bonchev–Trinajstić information content (AvgIpc) is 3.50. The molecular formula is C72H84N2O11S4. The van der Waals surface area contributed by atoms with Crippen LogP contribution in [0.25, 0.3) is 48.5 Å². The van der Waals surface area contributed by atoms with Crippen molar-refractivity contribution < 1.29 is 52.9 Å². The zero-order chi connectivity index (χ0) is 61.9. The number of benzene rings is 5. The molecule has 2 aromatic heterocycles. The van der Waals surface area contributed by atoms with Crippen molar-refractivity contribution in [1.29, 1.82) is 0 Å². The second kappa shape index (κ2) is 32.7. The van der Waals surface area contributed by atoms with Gasteiger partial charge in [-0.05, 0) is 109 Å². The van der Waals surface area contributed by atoms with E-state index in [-0.39, 0.29) is 4.32 Å². The van der Waals surface area contributed by atoms with Gasteiger partial charge in [-0.1, -0.05) is 165 Å². The van der Waals surface area contributed by atoms with Crippen molar-refractivity contribution in [2.24, 2.45) is 0 Å². The summed E-state index contributed by atoms with van der Waals surface area (Å²) < 4.78 is 51.5. The number of thiocarbonyl (C=S) groups is 1. The third kappa shape index (κ3) is 16.6. The number of unbranched alkanes of at least 4 members (excludes halogenated alkanes) is 12. The van der Waals surface area contributed by atoms with Crippen LogP contribution in [0.4, 0.5) is 17.1 Å². The molecule has 10 rings (SSSR count). The average molecular weight is 1280 g/mol. The Morgan fingerprint density at radius 3 is 1.38 bits per heavy atom. The van der Waals surface area contributed by atoms with Crippen LogP contribution in [0.5, 0.6) is 46.0 Å². The van der Waals surface area contributed by atoms with Crippen molar-refractivity contribution in [3.63, 3.8) is 0 Å². The van der Waals surface area contributed by atoms with Crippen LogP contribution >= 0.6 is 46.7 Å². The fourth-order valence-corrected chi connectivity index (χ4v) is 14.9. The third-order valence-corrected chi connectivity index (χ3v) is 19.7. The Hall–Kier alpha value is -6.89. The Morgan fingerprint density at radius 1 is 0.528 bits per heavy atom. The van der Waals surface area contributed by atoms with E-state index in [0.717, 1.165) is 134 Å². The molecule has 0 saturated carbocycles. The molecular weight excluding hydrogens is 1200 g/mol. The Labute approximate surface area is 542 Å². The molecule has 0 aliphatic carbocycles. The lowest BCUT2D eigenvalue weighted by Crippen LogP contribution is -2.36. The maximum atomic E-state index is 11.6. The van der Waals surface area contributed by atoms with Crippen molar-refractivity contribution in [2.45, 2.75) is 137 Å². The van der Waals surface area contributed by atoms with Gasteiger partial charge in [0.2, 0.25) is 0 Å². The van der Waals surface area contributed by atoms with Gasteiger partial charge in [-0.2, -0.15) is 0 Å². The molecule has 89 heavy (non-hydrogen) atoms. The summed E-state index contributed by atoms with van der Waals surface area (Å²) in [5.41, 5.74) is 7.97. The summed E-state index contributed by atoms with van der Waals surface area (Å²) in [5, 5.41) is 20.7. The number of carboxylic acids is 1. The van der Waals surface area contributed by atoms with Crippen molar-refractivity contribution >= 4 is 80.1 Å². The molecule has 5 heterocycles. The minimum absolute atomic E-state index is 0.286. The molecule has 2 N–H and O–H groups in total. The van der Waals surface area contributed by atoms with Crippen LogP contribution < -0.4 is 42.8 Å². The molecule has 1 saturated heterocycles. The van der Waals surface area contributed by atoms with Crippen LogP contribution in [0.15, 0.2) is 114 Å². The lowest BCUT2D eigenvalue weighted by atomic mass is 10.0. The smallest absolute Gasteiger partial charge is 0.323 e. The molecule has 0 radical (unpaired) electrons. The molecule has 472 valence electrons. The van der Waals surface area contributed by atoms with Gasteiger partial charge >= 0.3 is 5.97 Å². The molecule has 1 unspecified atom stereocenters. The molecule has 7 aromatic rings. The first kappa shape index (κ1) is 65.1. The van der Waals surface area contributed by atoms with Gasteiger partial charge in [0.15, 0.2) is 29.2 Å². The molecule has 13 nitrogen and oxygen atoms in total. The number of aliphatic hydroxyl groups excluding tert-OH is 1. The van der Waals surface area contributed by atoms with Gasteiger partial charge in [0.05, 0.1) is 45.9 Å². The van der Waals surface area contributed by atoms with E-state index < -0.39 is 18.7 Å². The summed E-state index contributed by atoms with van der Waals surface area (Å²) in [7, 11) is 0. The highest BCUT2D eigenvalue weighted by atomic mass is 32.2. The number of thiophene rings is 2. The number of anilines is 3. The maximum Gasteiger partial charge on any atom is 0.323 e. The van der Waals surface area contributed by atoms with E-state index in [9.17, 15) is 15.0 Å². The number of ether oxygens (including phenoxy) is 8. The van der Waals surface area contributed by atoms with Crippen LogP contribution in [0.2, 0.25) is 0 Å². The van der Waals surface area contributed by atoms with Gasteiger partial charge in [0, 0.05) is 45.2 Å². The molecule has 3 aliphatic heterocycles. The van der Waals surface area contributed by atoms with Crippen LogP contribution in [0.3, 0.4) is 0 Å². The van der Waals surface area contributed by atoms with Crippen LogP contribution in [-0.4, -0.2) is 91.0 Å². The Balaban J connectivity index is 0.991. The standard InChI is InChI=1S/C72H84N2O11S4/c1-5-9-13-17-37-78-55-33-35-57(59(45-55)80-39-19-15-11-7-3)49-21-27-52(28-22-49)74(53-29-23-50(24-30-53)58-36-34-56(79-38-18-14-10-6-2)46-60(58)81-40-20-16-12-8-4)54-31-25-51(26-32-54)68-66-67(85-44-43-84-66)70(89-68)69-65-64(82-41-42-83-65)61(87-69)47-62-71(77)73(48-63(75)76)72(86)88-62/h21-36,45-47,71,77H,5-20,37-44,48H2,1-4H3,(H,75,76). The first-order chi connectivity index (χ1) is 43.7. The van der Waals surface area contributed by atoms with E-state index in [1.807, 2.05) is 6.08 Å². The lowest BCUT2D eigenvalue weighted by Gasteiger charge is -2.26. The van der Waals surface area contributed by atoms with Crippen LogP contribution in [0, 0.1) is 0 Å². The molecule has 5 aromatic carbocycles. The number of fused-ring (bicyclic) bond motifs is 2. The number of nitrogens with zero attached hydrogens (tertiary/aromatic N) is 2. The Morgan fingerprint density at radius 2 is 0.933 bits per heavy atom. The molecule has 1 fully saturated rings. The van der Waals surface area contributed by atoms with Gasteiger partial charge in [0.25, 0.3) is 0 Å². The Bertz CT molecular complexity index is 3350. The number of aliphatic hydroxyl groups is 1. The number of hydrogen-bond acceptors (Lipinski definition) is 15. The fourth-order valence-electron chi connectivity index (χ4n) is 11.1. The number of aliphatic carboxylic acids is 1. The molecule has 0 amide bonds. The molecule has 0 spiro atoms. The van der Waals surface area contributed by atoms with Crippen molar-refractivity contribution in [1.82, 2.24) is 4.90 Å². The second-order valence-electron chi connectivity index (χ2n) is 22.5. The summed E-state index contributed by atoms with van der Waals surface area (Å²) in [4.78, 5) is 19.0. The number of carboxylic acid groups (broad SMARTS) is 1. The van der Waals surface area contributed by atoms with E-state index in [2.05, 4.69) is 142 Å². The highest BCUT2D eigenvalue weighted by Gasteiger charge is 2.37. The van der Waals surface area contributed by atoms with E-state index in [1.54, 1.807) is 11.3 Å². The van der Waals surface area contributed by atoms with E-state index in [1.165, 1.54) is 79.4 Å². The molecule has 1 atom stereocenters. The summed E-state index contributed by atoms with van der Waals surface area (Å²) in [6, 6.07) is 38.6. The summed E-state index contributed by atoms with van der Waals surface area (Å²) >= 11 is 9.66. The molecule has 0 bridgehead atoms. The normalized spacial score (nSPS) is 14.8. The second-order valence-corrected chi connectivity index (χ2v) is 26.3.